The molecule has 5 nitrogen and oxygen atoms in total. The maximum atomic E-state index is 5.84. The van der Waals surface area contributed by atoms with Crippen LogP contribution >= 0.6 is 0 Å². The highest BCUT2D eigenvalue weighted by atomic mass is 16.7. The summed E-state index contributed by atoms with van der Waals surface area (Å²) < 4.78 is 22.4. The van der Waals surface area contributed by atoms with Gasteiger partial charge in [-0.3, -0.25) is 4.90 Å². The van der Waals surface area contributed by atoms with Gasteiger partial charge < -0.3 is 18.9 Å². The van der Waals surface area contributed by atoms with E-state index in [0.717, 1.165) is 57.2 Å². The predicted molar refractivity (Wildman–Crippen MR) is 83.3 cm³/mol. The van der Waals surface area contributed by atoms with Crippen LogP contribution in [0.4, 0.5) is 0 Å². The van der Waals surface area contributed by atoms with Crippen LogP contribution < -0.4 is 9.47 Å². The van der Waals surface area contributed by atoms with Crippen LogP contribution in [0.2, 0.25) is 0 Å². The zero-order chi connectivity index (χ0) is 15.2. The summed E-state index contributed by atoms with van der Waals surface area (Å²) in [4.78, 5) is 2.45. The van der Waals surface area contributed by atoms with Gasteiger partial charge in [0, 0.05) is 12.5 Å². The molecule has 5 heteroatoms. The zero-order valence-corrected chi connectivity index (χ0v) is 13.2. The number of hydrogen-bond acceptors (Lipinski definition) is 5. The molecule has 2 saturated heterocycles. The van der Waals surface area contributed by atoms with Gasteiger partial charge in [0.15, 0.2) is 17.8 Å². The molecule has 0 aromatic heterocycles. The molecule has 0 aliphatic carbocycles. The SMILES string of the molecule is COc1ccccc1OCCN1CCC(C2OCCO2)CC1. The Morgan fingerprint density at radius 3 is 2.45 bits per heavy atom. The van der Waals surface area contributed by atoms with Crippen LogP contribution in [-0.4, -0.2) is 57.8 Å². The molecule has 1 aromatic carbocycles. The molecule has 22 heavy (non-hydrogen) atoms. The summed E-state index contributed by atoms with van der Waals surface area (Å²) in [6, 6.07) is 7.77. The highest BCUT2D eigenvalue weighted by Crippen LogP contribution is 2.27. The predicted octanol–water partition coefficient (Wildman–Crippen LogP) is 2.16. The molecule has 0 spiro atoms. The fourth-order valence-corrected chi connectivity index (χ4v) is 3.12. The second kappa shape index (κ2) is 7.81. The van der Waals surface area contributed by atoms with E-state index in [0.29, 0.717) is 12.5 Å². The largest absolute Gasteiger partial charge is 0.493 e. The van der Waals surface area contributed by atoms with Gasteiger partial charge in [-0.25, -0.2) is 0 Å². The number of rotatable bonds is 6. The van der Waals surface area contributed by atoms with E-state index in [9.17, 15) is 0 Å². The van der Waals surface area contributed by atoms with E-state index in [4.69, 9.17) is 18.9 Å². The summed E-state index contributed by atoms with van der Waals surface area (Å²) in [5.41, 5.74) is 0. The Bertz CT molecular complexity index is 454. The van der Waals surface area contributed by atoms with Crippen LogP contribution in [0.1, 0.15) is 12.8 Å². The molecule has 3 rings (SSSR count). The molecule has 0 saturated carbocycles. The zero-order valence-electron chi connectivity index (χ0n) is 13.2. The number of para-hydroxylation sites is 2. The van der Waals surface area contributed by atoms with Gasteiger partial charge in [0.2, 0.25) is 0 Å². The molecular weight excluding hydrogens is 282 g/mol. The molecular formula is C17H25NO4. The van der Waals surface area contributed by atoms with Crippen LogP contribution in [0.3, 0.4) is 0 Å². The highest BCUT2D eigenvalue weighted by Gasteiger charge is 2.30. The fourth-order valence-electron chi connectivity index (χ4n) is 3.12. The first kappa shape index (κ1) is 15.6. The van der Waals surface area contributed by atoms with Crippen molar-refractivity contribution < 1.29 is 18.9 Å². The van der Waals surface area contributed by atoms with E-state index < -0.39 is 0 Å². The second-order valence-corrected chi connectivity index (χ2v) is 5.79. The summed E-state index contributed by atoms with van der Waals surface area (Å²) >= 11 is 0. The summed E-state index contributed by atoms with van der Waals surface area (Å²) in [6.07, 6.45) is 2.31. The van der Waals surface area contributed by atoms with Crippen LogP contribution in [-0.2, 0) is 9.47 Å². The minimum atomic E-state index is 0.0342. The Morgan fingerprint density at radius 1 is 1.09 bits per heavy atom. The lowest BCUT2D eigenvalue weighted by Gasteiger charge is -2.33. The van der Waals surface area contributed by atoms with Gasteiger partial charge in [-0.05, 0) is 38.1 Å². The van der Waals surface area contributed by atoms with E-state index in [-0.39, 0.29) is 6.29 Å². The maximum absolute atomic E-state index is 5.84. The fraction of sp³-hybridized carbons (Fsp3) is 0.647. The first-order valence-corrected chi connectivity index (χ1v) is 8.08. The number of methoxy groups -OCH3 is 1. The highest BCUT2D eigenvalue weighted by molar-refractivity contribution is 5.39. The van der Waals surface area contributed by atoms with Crippen molar-refractivity contribution in [3.05, 3.63) is 24.3 Å². The lowest BCUT2D eigenvalue weighted by Crippen LogP contribution is -2.39. The van der Waals surface area contributed by atoms with Gasteiger partial charge in [0.1, 0.15) is 6.61 Å². The van der Waals surface area contributed by atoms with E-state index in [1.165, 1.54) is 0 Å². The molecule has 0 N–H and O–H groups in total. The molecule has 0 atom stereocenters. The second-order valence-electron chi connectivity index (χ2n) is 5.79. The molecule has 2 heterocycles. The van der Waals surface area contributed by atoms with Crippen molar-refractivity contribution in [1.82, 2.24) is 4.90 Å². The number of ether oxygens (including phenoxy) is 4. The average molecular weight is 307 g/mol. The van der Waals surface area contributed by atoms with E-state index in [1.54, 1.807) is 7.11 Å². The number of piperidine rings is 1. The Hall–Kier alpha value is -1.30. The molecule has 0 bridgehead atoms. The number of hydrogen-bond donors (Lipinski definition) is 0. The summed E-state index contributed by atoms with van der Waals surface area (Å²) in [5, 5.41) is 0. The van der Waals surface area contributed by atoms with Crippen molar-refractivity contribution in [2.75, 3.05) is 46.6 Å². The Morgan fingerprint density at radius 2 is 1.77 bits per heavy atom. The third kappa shape index (κ3) is 3.91. The van der Waals surface area contributed by atoms with Crippen molar-refractivity contribution in [3.8, 4) is 11.5 Å². The van der Waals surface area contributed by atoms with Gasteiger partial charge in [-0.1, -0.05) is 12.1 Å². The smallest absolute Gasteiger partial charge is 0.161 e. The van der Waals surface area contributed by atoms with Gasteiger partial charge >= 0.3 is 0 Å². The third-order valence-corrected chi connectivity index (χ3v) is 4.40. The van der Waals surface area contributed by atoms with E-state index in [1.807, 2.05) is 24.3 Å². The Labute approximate surface area is 132 Å². The normalized spacial score (nSPS) is 21.1. The Kier molecular flexibility index (Phi) is 5.53. The number of benzene rings is 1. The minimum Gasteiger partial charge on any atom is -0.493 e. The van der Waals surface area contributed by atoms with Crippen molar-refractivity contribution in [3.63, 3.8) is 0 Å². The topological polar surface area (TPSA) is 40.2 Å². The molecule has 0 amide bonds. The van der Waals surface area contributed by atoms with E-state index >= 15 is 0 Å². The van der Waals surface area contributed by atoms with Crippen LogP contribution in [0.25, 0.3) is 0 Å². The molecule has 2 aliphatic heterocycles. The first-order chi connectivity index (χ1) is 10.9. The molecule has 122 valence electrons. The van der Waals surface area contributed by atoms with Crippen LogP contribution in [0.5, 0.6) is 11.5 Å². The van der Waals surface area contributed by atoms with Gasteiger partial charge in [0.05, 0.1) is 20.3 Å². The standard InChI is InChI=1S/C17H25NO4/c1-19-15-4-2-3-5-16(15)20-11-10-18-8-6-14(7-9-18)17-21-12-13-22-17/h2-5,14,17H,6-13H2,1H3. The van der Waals surface area contributed by atoms with E-state index in [2.05, 4.69) is 4.90 Å². The maximum Gasteiger partial charge on any atom is 0.161 e. The molecule has 2 aliphatic rings. The molecule has 0 unspecified atom stereocenters. The lowest BCUT2D eigenvalue weighted by atomic mass is 9.96. The summed E-state index contributed by atoms with van der Waals surface area (Å²) in [7, 11) is 1.67. The molecule has 2 fully saturated rings. The average Bonchev–Trinajstić information content (AvgIpc) is 3.10. The van der Waals surface area contributed by atoms with Crippen molar-refractivity contribution >= 4 is 0 Å². The molecule has 0 radical (unpaired) electrons. The van der Waals surface area contributed by atoms with Crippen molar-refractivity contribution in [2.24, 2.45) is 5.92 Å². The van der Waals surface area contributed by atoms with Crippen LogP contribution in [0.15, 0.2) is 24.3 Å². The third-order valence-electron chi connectivity index (χ3n) is 4.40. The number of likely N-dealkylation sites (tertiary alicyclic amines) is 1. The quantitative estimate of drug-likeness (QED) is 0.805. The van der Waals surface area contributed by atoms with Crippen LogP contribution in [0, 0.1) is 5.92 Å². The van der Waals surface area contributed by atoms with Crippen molar-refractivity contribution in [1.29, 1.82) is 0 Å². The lowest BCUT2D eigenvalue weighted by molar-refractivity contribution is -0.0976. The molecule has 1 aromatic rings. The minimum absolute atomic E-state index is 0.0342. The van der Waals surface area contributed by atoms with Gasteiger partial charge in [0.25, 0.3) is 0 Å². The summed E-state index contributed by atoms with van der Waals surface area (Å²) in [6.45, 7) is 5.29. The first-order valence-electron chi connectivity index (χ1n) is 8.08. The van der Waals surface area contributed by atoms with Gasteiger partial charge in [-0.15, -0.1) is 0 Å². The van der Waals surface area contributed by atoms with Crippen molar-refractivity contribution in [2.45, 2.75) is 19.1 Å². The summed E-state index contributed by atoms with van der Waals surface area (Å²) in [5.74, 6) is 2.15. The monoisotopic (exact) mass is 307 g/mol. The number of nitrogens with zero attached hydrogens (tertiary/aromatic N) is 1. The Balaban J connectivity index is 1.38. The van der Waals surface area contributed by atoms with Gasteiger partial charge in [-0.2, -0.15) is 0 Å².